The molecule has 4 rings (SSSR count). The molecule has 0 amide bonds. The fraction of sp³-hybridized carbons (Fsp3) is 0.348. The van der Waals surface area contributed by atoms with Gasteiger partial charge in [0.1, 0.15) is 5.82 Å². The molecule has 180 valence electrons. The van der Waals surface area contributed by atoms with Gasteiger partial charge in [0.25, 0.3) is 5.56 Å². The molecule has 1 aliphatic heterocycles. The van der Waals surface area contributed by atoms with E-state index in [0.717, 1.165) is 33.0 Å². The van der Waals surface area contributed by atoms with Gasteiger partial charge in [0.2, 0.25) is 5.82 Å². The number of aromatic nitrogens is 3. The molecule has 0 bridgehead atoms. The van der Waals surface area contributed by atoms with Gasteiger partial charge in [-0.3, -0.25) is 9.36 Å². The van der Waals surface area contributed by atoms with Crippen molar-refractivity contribution in [2.75, 3.05) is 31.1 Å². The van der Waals surface area contributed by atoms with Crippen LogP contribution in [0.15, 0.2) is 58.1 Å². The lowest BCUT2D eigenvalue weighted by molar-refractivity contribution is -0.138. The van der Waals surface area contributed by atoms with Gasteiger partial charge in [-0.1, -0.05) is 36.4 Å². The van der Waals surface area contributed by atoms with Gasteiger partial charge >= 0.3 is 11.9 Å². The Balaban J connectivity index is 1.80. The molecule has 0 unspecified atom stereocenters. The van der Waals surface area contributed by atoms with Crippen molar-refractivity contribution >= 4 is 5.82 Å². The number of nitrogens with one attached hydrogen (secondary N) is 1. The monoisotopic (exact) mass is 477 g/mol. The normalized spacial score (nSPS) is 14.4. The zero-order valence-corrected chi connectivity index (χ0v) is 18.2. The van der Waals surface area contributed by atoms with E-state index in [-0.39, 0.29) is 12.4 Å². The largest absolute Gasteiger partial charge is 0.416 e. The molecule has 3 aromatic rings. The average Bonchev–Trinajstić information content (AvgIpc) is 2.82. The molecular weight excluding hydrogens is 454 g/mol. The maximum Gasteiger partial charge on any atom is 0.416 e. The van der Waals surface area contributed by atoms with Crippen LogP contribution in [0.1, 0.15) is 16.7 Å². The summed E-state index contributed by atoms with van der Waals surface area (Å²) in [5, 5.41) is 7.25. The number of aryl methyl sites for hydroxylation is 1. The van der Waals surface area contributed by atoms with Gasteiger partial charge in [-0.2, -0.15) is 13.2 Å². The van der Waals surface area contributed by atoms with Crippen molar-refractivity contribution < 1.29 is 17.6 Å². The van der Waals surface area contributed by atoms with Crippen LogP contribution in [-0.2, 0) is 25.7 Å². The second kappa shape index (κ2) is 9.80. The smallest absolute Gasteiger partial charge is 0.348 e. The molecule has 0 saturated carbocycles. The van der Waals surface area contributed by atoms with E-state index in [2.05, 4.69) is 10.4 Å². The van der Waals surface area contributed by atoms with Crippen LogP contribution in [0.4, 0.5) is 23.4 Å². The van der Waals surface area contributed by atoms with Gasteiger partial charge in [0, 0.05) is 38.3 Å². The maximum absolute atomic E-state index is 14.5. The summed E-state index contributed by atoms with van der Waals surface area (Å²) in [4.78, 5) is 28.0. The van der Waals surface area contributed by atoms with Gasteiger partial charge in [-0.15, -0.1) is 5.10 Å². The highest BCUT2D eigenvalue weighted by molar-refractivity contribution is 5.36. The Morgan fingerprint density at radius 2 is 1.68 bits per heavy atom. The van der Waals surface area contributed by atoms with E-state index in [9.17, 15) is 27.2 Å². The molecule has 1 aromatic heterocycles. The maximum atomic E-state index is 14.5. The van der Waals surface area contributed by atoms with Crippen LogP contribution in [0.3, 0.4) is 0 Å². The van der Waals surface area contributed by atoms with Gasteiger partial charge in [0.05, 0.1) is 12.1 Å². The van der Waals surface area contributed by atoms with E-state index >= 15 is 0 Å². The number of benzene rings is 2. The predicted molar refractivity (Wildman–Crippen MR) is 118 cm³/mol. The number of nitrogens with zero attached hydrogens (tertiary/aromatic N) is 4. The minimum absolute atomic E-state index is 0.00664. The van der Waals surface area contributed by atoms with Crippen molar-refractivity contribution in [3.63, 3.8) is 0 Å². The molecule has 7 nitrogen and oxygen atoms in total. The van der Waals surface area contributed by atoms with Crippen LogP contribution in [0.2, 0.25) is 0 Å². The molecule has 1 N–H and O–H groups in total. The summed E-state index contributed by atoms with van der Waals surface area (Å²) in [5.74, 6) is -1.15. The van der Waals surface area contributed by atoms with E-state index in [4.69, 9.17) is 0 Å². The van der Waals surface area contributed by atoms with Gasteiger partial charge in [-0.05, 0) is 24.1 Å². The summed E-state index contributed by atoms with van der Waals surface area (Å²) >= 11 is 0. The third-order valence-electron chi connectivity index (χ3n) is 5.72. The van der Waals surface area contributed by atoms with Crippen molar-refractivity contribution in [1.82, 2.24) is 19.7 Å². The Bertz CT molecular complexity index is 1270. The van der Waals surface area contributed by atoms with Crippen molar-refractivity contribution in [3.05, 3.63) is 91.9 Å². The summed E-state index contributed by atoms with van der Waals surface area (Å²) < 4.78 is 56.7. The SMILES string of the molecule is O=c1c(N2CCNCC2)nn(Cc2c(F)cccc2C(F)(F)F)c(=O)n1CCc1ccccc1. The van der Waals surface area contributed by atoms with E-state index in [1.54, 1.807) is 4.90 Å². The zero-order valence-electron chi connectivity index (χ0n) is 18.2. The third kappa shape index (κ3) is 5.04. The summed E-state index contributed by atoms with van der Waals surface area (Å²) in [7, 11) is 0. The van der Waals surface area contributed by atoms with Gasteiger partial charge in [-0.25, -0.2) is 13.9 Å². The van der Waals surface area contributed by atoms with Crippen LogP contribution < -0.4 is 21.5 Å². The van der Waals surface area contributed by atoms with Crippen molar-refractivity contribution in [1.29, 1.82) is 0 Å². The summed E-state index contributed by atoms with van der Waals surface area (Å²) in [6, 6.07) is 11.8. The summed E-state index contributed by atoms with van der Waals surface area (Å²) in [5.41, 5.74) is -2.52. The predicted octanol–water partition coefficient (Wildman–Crippen LogP) is 2.26. The molecule has 1 fully saturated rings. The number of rotatable bonds is 6. The Kier molecular flexibility index (Phi) is 6.82. The van der Waals surface area contributed by atoms with E-state index in [1.807, 2.05) is 30.3 Å². The fourth-order valence-electron chi connectivity index (χ4n) is 3.94. The number of piperazine rings is 1. The van der Waals surface area contributed by atoms with Crippen molar-refractivity contribution in [2.24, 2.45) is 0 Å². The Hall–Kier alpha value is -3.47. The average molecular weight is 477 g/mol. The topological polar surface area (TPSA) is 72.2 Å². The highest BCUT2D eigenvalue weighted by Gasteiger charge is 2.35. The van der Waals surface area contributed by atoms with E-state index in [0.29, 0.717) is 32.6 Å². The van der Waals surface area contributed by atoms with Crippen molar-refractivity contribution in [3.8, 4) is 0 Å². The van der Waals surface area contributed by atoms with E-state index in [1.165, 1.54) is 0 Å². The first-order chi connectivity index (χ1) is 16.3. The highest BCUT2D eigenvalue weighted by Crippen LogP contribution is 2.33. The molecule has 0 atom stereocenters. The van der Waals surface area contributed by atoms with Gasteiger partial charge < -0.3 is 10.2 Å². The Morgan fingerprint density at radius 3 is 2.35 bits per heavy atom. The minimum atomic E-state index is -4.82. The van der Waals surface area contributed by atoms with Crippen molar-refractivity contribution in [2.45, 2.75) is 25.7 Å². The first-order valence-corrected chi connectivity index (χ1v) is 10.8. The van der Waals surface area contributed by atoms with Crippen LogP contribution >= 0.6 is 0 Å². The molecule has 1 saturated heterocycles. The molecule has 34 heavy (non-hydrogen) atoms. The van der Waals surface area contributed by atoms with Crippen LogP contribution in [-0.4, -0.2) is 40.5 Å². The van der Waals surface area contributed by atoms with E-state index < -0.39 is 40.9 Å². The number of halogens is 4. The van der Waals surface area contributed by atoms with Crippen LogP contribution in [0.5, 0.6) is 0 Å². The number of anilines is 1. The standard InChI is InChI=1S/C23H23F4N5O2/c24-19-8-4-7-18(23(25,26)27)17(19)15-32-22(34)31(12-9-16-5-2-1-3-6-16)21(33)20(29-32)30-13-10-28-11-14-30/h1-8,28H,9-15H2. The number of hydrogen-bond donors (Lipinski definition) is 1. The molecule has 0 aliphatic carbocycles. The lowest BCUT2D eigenvalue weighted by atomic mass is 10.1. The number of hydrogen-bond acceptors (Lipinski definition) is 5. The molecule has 1 aliphatic rings. The quantitative estimate of drug-likeness (QED) is 0.552. The molecule has 0 radical (unpaired) electrons. The highest BCUT2D eigenvalue weighted by atomic mass is 19.4. The first kappa shape index (κ1) is 23.7. The second-order valence-electron chi connectivity index (χ2n) is 7.96. The summed E-state index contributed by atoms with van der Waals surface area (Å²) in [6.45, 7) is 1.28. The Labute approximate surface area is 192 Å². The molecule has 2 heterocycles. The number of alkyl halides is 3. The lowest BCUT2D eigenvalue weighted by Gasteiger charge is -2.28. The fourth-order valence-corrected chi connectivity index (χ4v) is 3.94. The second-order valence-corrected chi connectivity index (χ2v) is 7.96. The van der Waals surface area contributed by atoms with Crippen LogP contribution in [0, 0.1) is 5.82 Å². The zero-order chi connectivity index (χ0) is 24.3. The molecule has 2 aromatic carbocycles. The molecule has 0 spiro atoms. The van der Waals surface area contributed by atoms with Gasteiger partial charge in [0.15, 0.2) is 0 Å². The summed E-state index contributed by atoms with van der Waals surface area (Å²) in [6.07, 6.45) is -4.46. The first-order valence-electron chi connectivity index (χ1n) is 10.8. The third-order valence-corrected chi connectivity index (χ3v) is 5.72. The van der Waals surface area contributed by atoms with Crippen LogP contribution in [0.25, 0.3) is 0 Å². The minimum Gasteiger partial charge on any atom is -0.348 e. The molecule has 11 heteroatoms. The lowest BCUT2D eigenvalue weighted by Crippen LogP contribution is -2.50. The Morgan fingerprint density at radius 1 is 0.971 bits per heavy atom. The molecular formula is C23H23F4N5O2.